The summed E-state index contributed by atoms with van der Waals surface area (Å²) >= 11 is 6.05. The van der Waals surface area contributed by atoms with E-state index in [1.807, 2.05) is 0 Å². The first-order valence-electron chi connectivity index (χ1n) is 10.6. The molecule has 3 atom stereocenters. The number of benzene rings is 1. The third-order valence-corrected chi connectivity index (χ3v) is 6.58. The molecule has 176 valence electrons. The number of carbonyl (C=O) groups is 1. The standard InChI is InChI=1S/C23H18ClF4N5O/c24-15-9-12(23(26,27)28)11-31-21(15)32-17-10-13-5-6-18(17)33(13)22(34)19-14(3-1-4-16(19)25)20-29-7-2-8-30-20/h1-4,7-9,11,13,17-18H,5-6,10H2,(H,31,32)/t13-,17-,18+/m1/s1. The molecule has 1 N–H and O–H groups in total. The average molecular weight is 492 g/mol. The number of fused-ring (bicyclic) bond motifs is 2. The maximum Gasteiger partial charge on any atom is 0.417 e. The Bertz CT molecular complexity index is 1240. The van der Waals surface area contributed by atoms with E-state index in [0.717, 1.165) is 18.7 Å². The lowest BCUT2D eigenvalue weighted by atomic mass is 9.95. The highest BCUT2D eigenvalue weighted by Crippen LogP contribution is 2.42. The molecule has 6 nitrogen and oxygen atoms in total. The average Bonchev–Trinajstić information content (AvgIpc) is 3.37. The molecule has 3 aromatic rings. The Morgan fingerprint density at radius 2 is 1.88 bits per heavy atom. The molecule has 34 heavy (non-hydrogen) atoms. The van der Waals surface area contributed by atoms with Gasteiger partial charge in [0.2, 0.25) is 0 Å². The van der Waals surface area contributed by atoms with Gasteiger partial charge in [0.25, 0.3) is 5.91 Å². The molecule has 1 aromatic carbocycles. The maximum absolute atomic E-state index is 14.9. The lowest BCUT2D eigenvalue weighted by Crippen LogP contribution is -2.40. The van der Waals surface area contributed by atoms with Gasteiger partial charge in [-0.15, -0.1) is 0 Å². The van der Waals surface area contributed by atoms with E-state index in [1.165, 1.54) is 24.5 Å². The largest absolute Gasteiger partial charge is 0.417 e. The van der Waals surface area contributed by atoms with Gasteiger partial charge in [0.15, 0.2) is 5.82 Å². The number of alkyl halides is 3. The Morgan fingerprint density at radius 1 is 1.12 bits per heavy atom. The molecule has 0 aliphatic carbocycles. The number of halogens is 5. The van der Waals surface area contributed by atoms with Gasteiger partial charge in [0.05, 0.1) is 22.2 Å². The van der Waals surface area contributed by atoms with Crippen LogP contribution in [0.25, 0.3) is 11.4 Å². The van der Waals surface area contributed by atoms with Crippen molar-refractivity contribution >= 4 is 23.3 Å². The minimum atomic E-state index is -4.55. The Morgan fingerprint density at radius 3 is 2.59 bits per heavy atom. The molecule has 2 fully saturated rings. The molecule has 2 aliphatic rings. The lowest BCUT2D eigenvalue weighted by Gasteiger charge is -2.26. The van der Waals surface area contributed by atoms with E-state index in [-0.39, 0.29) is 40.4 Å². The number of anilines is 1. The molecule has 2 bridgehead atoms. The highest BCUT2D eigenvalue weighted by atomic mass is 35.5. The second-order valence-electron chi connectivity index (χ2n) is 8.28. The number of aromatic nitrogens is 3. The van der Waals surface area contributed by atoms with Gasteiger partial charge in [-0.2, -0.15) is 13.2 Å². The van der Waals surface area contributed by atoms with Crippen molar-refractivity contribution in [2.24, 2.45) is 0 Å². The highest BCUT2D eigenvalue weighted by Gasteiger charge is 2.49. The molecular weight excluding hydrogens is 474 g/mol. The Hall–Kier alpha value is -3.27. The van der Waals surface area contributed by atoms with Crippen LogP contribution >= 0.6 is 11.6 Å². The summed E-state index contributed by atoms with van der Waals surface area (Å²) in [5.41, 5.74) is -0.742. The van der Waals surface area contributed by atoms with E-state index < -0.39 is 23.5 Å². The highest BCUT2D eigenvalue weighted by molar-refractivity contribution is 6.33. The third kappa shape index (κ3) is 3.96. The SMILES string of the molecule is O=C(c1c(F)cccc1-c1ncccn1)N1[C@@H]2CC[C@H]1[C@H](Nc1ncc(C(F)(F)F)cc1Cl)C2. The number of carbonyl (C=O) groups excluding carboxylic acids is 1. The van der Waals surface area contributed by atoms with Gasteiger partial charge in [0.1, 0.15) is 11.6 Å². The zero-order valence-corrected chi connectivity index (χ0v) is 18.3. The number of pyridine rings is 1. The second kappa shape index (κ2) is 8.50. The van der Waals surface area contributed by atoms with Crippen LogP contribution in [0, 0.1) is 5.82 Å². The molecule has 1 amide bonds. The van der Waals surface area contributed by atoms with Gasteiger partial charge < -0.3 is 10.2 Å². The van der Waals surface area contributed by atoms with Gasteiger partial charge in [-0.05, 0) is 37.5 Å². The zero-order valence-electron chi connectivity index (χ0n) is 17.6. The van der Waals surface area contributed by atoms with Gasteiger partial charge in [0, 0.05) is 36.2 Å². The van der Waals surface area contributed by atoms with Crippen molar-refractivity contribution in [1.82, 2.24) is 19.9 Å². The summed E-state index contributed by atoms with van der Waals surface area (Å²) in [5, 5.41) is 2.93. The van der Waals surface area contributed by atoms with Crippen molar-refractivity contribution in [1.29, 1.82) is 0 Å². The van der Waals surface area contributed by atoms with Crippen LogP contribution in [0.1, 0.15) is 35.2 Å². The van der Waals surface area contributed by atoms with E-state index in [9.17, 15) is 22.4 Å². The Kier molecular flexibility index (Phi) is 5.63. The number of nitrogens with one attached hydrogen (secondary N) is 1. The second-order valence-corrected chi connectivity index (χ2v) is 8.69. The number of hydrogen-bond donors (Lipinski definition) is 1. The molecule has 2 aliphatic heterocycles. The fourth-order valence-electron chi connectivity index (χ4n) is 4.83. The van der Waals surface area contributed by atoms with E-state index >= 15 is 0 Å². The van der Waals surface area contributed by atoms with Gasteiger partial charge in [-0.25, -0.2) is 19.3 Å². The van der Waals surface area contributed by atoms with Crippen LogP contribution in [0.3, 0.4) is 0 Å². The van der Waals surface area contributed by atoms with E-state index in [4.69, 9.17) is 11.6 Å². The van der Waals surface area contributed by atoms with Crippen LogP contribution in [0.2, 0.25) is 5.02 Å². The lowest BCUT2D eigenvalue weighted by molar-refractivity contribution is -0.137. The smallest absolute Gasteiger partial charge is 0.364 e. The zero-order chi connectivity index (χ0) is 24.0. The number of rotatable bonds is 4. The predicted molar refractivity (Wildman–Crippen MR) is 117 cm³/mol. The van der Waals surface area contributed by atoms with E-state index in [2.05, 4.69) is 20.3 Å². The molecule has 5 rings (SSSR count). The van der Waals surface area contributed by atoms with Crippen LogP contribution in [-0.4, -0.2) is 43.9 Å². The molecule has 0 spiro atoms. The van der Waals surface area contributed by atoms with Crippen molar-refractivity contribution in [2.45, 2.75) is 43.6 Å². The molecule has 2 aromatic heterocycles. The summed E-state index contributed by atoms with van der Waals surface area (Å²) in [5.74, 6) is -0.779. The van der Waals surface area contributed by atoms with Crippen molar-refractivity contribution in [3.05, 3.63) is 70.9 Å². The fraction of sp³-hybridized carbons (Fsp3) is 0.304. The quantitative estimate of drug-likeness (QED) is 0.507. The fourth-order valence-corrected chi connectivity index (χ4v) is 5.05. The molecule has 2 saturated heterocycles. The van der Waals surface area contributed by atoms with Gasteiger partial charge in [-0.3, -0.25) is 4.79 Å². The number of amides is 1. The van der Waals surface area contributed by atoms with Crippen molar-refractivity contribution in [2.75, 3.05) is 5.32 Å². The first kappa shape index (κ1) is 22.5. The third-order valence-electron chi connectivity index (χ3n) is 6.30. The topological polar surface area (TPSA) is 71.0 Å². The normalized spacial score (nSPS) is 21.7. The van der Waals surface area contributed by atoms with Crippen LogP contribution in [0.5, 0.6) is 0 Å². The molecule has 4 heterocycles. The van der Waals surface area contributed by atoms with Gasteiger partial charge >= 0.3 is 6.18 Å². The summed E-state index contributed by atoms with van der Waals surface area (Å²) < 4.78 is 53.6. The maximum atomic E-state index is 14.9. The van der Waals surface area contributed by atoms with Crippen molar-refractivity contribution in [3.8, 4) is 11.4 Å². The van der Waals surface area contributed by atoms with Crippen LogP contribution in [-0.2, 0) is 6.18 Å². The molecular formula is C23H18ClF4N5O. The van der Waals surface area contributed by atoms with Crippen LogP contribution in [0.15, 0.2) is 48.9 Å². The minimum Gasteiger partial charge on any atom is -0.364 e. The monoisotopic (exact) mass is 491 g/mol. The van der Waals surface area contributed by atoms with E-state index in [0.29, 0.717) is 18.4 Å². The summed E-state index contributed by atoms with van der Waals surface area (Å²) in [6.07, 6.45) is 1.15. The first-order valence-corrected chi connectivity index (χ1v) is 11.0. The van der Waals surface area contributed by atoms with E-state index in [1.54, 1.807) is 17.0 Å². The summed E-state index contributed by atoms with van der Waals surface area (Å²) in [7, 11) is 0. The first-order chi connectivity index (χ1) is 16.2. The van der Waals surface area contributed by atoms with Crippen molar-refractivity contribution < 1.29 is 22.4 Å². The molecule has 11 heteroatoms. The minimum absolute atomic E-state index is 0.100. The summed E-state index contributed by atoms with van der Waals surface area (Å²) in [6, 6.07) is 6.05. The van der Waals surface area contributed by atoms with Crippen LogP contribution < -0.4 is 5.32 Å². The number of nitrogens with zero attached hydrogens (tertiary/aromatic N) is 4. The summed E-state index contributed by atoms with van der Waals surface area (Å²) in [4.78, 5) is 27.4. The molecule has 0 unspecified atom stereocenters. The van der Waals surface area contributed by atoms with Crippen molar-refractivity contribution in [3.63, 3.8) is 0 Å². The Labute approximate surface area is 197 Å². The predicted octanol–water partition coefficient (Wildman–Crippen LogP) is 5.21. The van der Waals surface area contributed by atoms with Crippen LogP contribution in [0.4, 0.5) is 23.4 Å². The van der Waals surface area contributed by atoms with Gasteiger partial charge in [-0.1, -0.05) is 23.7 Å². The molecule has 0 saturated carbocycles. The summed E-state index contributed by atoms with van der Waals surface area (Å²) in [6.45, 7) is 0. The Balaban J connectivity index is 1.41. The number of hydrogen-bond acceptors (Lipinski definition) is 5. The molecule has 0 radical (unpaired) electrons.